The number of hydrogen-bond donors (Lipinski definition) is 1. The van der Waals surface area contributed by atoms with Crippen LogP contribution < -0.4 is 5.32 Å². The second kappa shape index (κ2) is 7.64. The molecular formula is C19H24N2O3. The first-order chi connectivity index (χ1) is 11.6. The zero-order valence-corrected chi connectivity index (χ0v) is 14.2. The molecule has 2 heterocycles. The van der Waals surface area contributed by atoms with Gasteiger partial charge >= 0.3 is 0 Å². The van der Waals surface area contributed by atoms with Gasteiger partial charge in [0.1, 0.15) is 0 Å². The van der Waals surface area contributed by atoms with Gasteiger partial charge in [-0.2, -0.15) is 0 Å². The summed E-state index contributed by atoms with van der Waals surface area (Å²) in [5.74, 6) is 0.141. The van der Waals surface area contributed by atoms with Crippen molar-refractivity contribution in [1.29, 1.82) is 0 Å². The van der Waals surface area contributed by atoms with Gasteiger partial charge in [0.2, 0.25) is 0 Å². The molecule has 1 N–H and O–H groups in total. The molecule has 1 amide bonds. The van der Waals surface area contributed by atoms with E-state index >= 15 is 0 Å². The van der Waals surface area contributed by atoms with E-state index in [0.717, 1.165) is 25.2 Å². The average molecular weight is 328 g/mol. The lowest BCUT2D eigenvalue weighted by molar-refractivity contribution is -0.0704. The van der Waals surface area contributed by atoms with Crippen molar-refractivity contribution in [3.63, 3.8) is 0 Å². The Labute approximate surface area is 142 Å². The zero-order chi connectivity index (χ0) is 16.9. The molecular weight excluding hydrogens is 304 g/mol. The number of amides is 1. The predicted octanol–water partition coefficient (Wildman–Crippen LogP) is 2.82. The third kappa shape index (κ3) is 4.46. The molecule has 0 aliphatic carbocycles. The molecule has 3 rings (SSSR count). The van der Waals surface area contributed by atoms with Gasteiger partial charge in [0.15, 0.2) is 5.76 Å². The highest BCUT2D eigenvalue weighted by atomic mass is 16.5. The lowest BCUT2D eigenvalue weighted by atomic mass is 10.1. The average Bonchev–Trinajstić information content (AvgIpc) is 3.07. The molecule has 0 saturated carbocycles. The van der Waals surface area contributed by atoms with Crippen molar-refractivity contribution in [3.05, 3.63) is 59.5 Å². The number of rotatable bonds is 5. The van der Waals surface area contributed by atoms with Crippen LogP contribution in [0.5, 0.6) is 0 Å². The number of ether oxygens (including phenoxy) is 1. The fraction of sp³-hybridized carbons (Fsp3) is 0.421. The topological polar surface area (TPSA) is 54.7 Å². The lowest BCUT2D eigenvalue weighted by Gasteiger charge is -2.35. The Kier molecular flexibility index (Phi) is 5.33. The highest BCUT2D eigenvalue weighted by Gasteiger charge is 2.21. The fourth-order valence-electron chi connectivity index (χ4n) is 3.11. The van der Waals surface area contributed by atoms with Crippen LogP contribution in [0.1, 0.15) is 35.5 Å². The Morgan fingerprint density at radius 1 is 1.12 bits per heavy atom. The molecule has 24 heavy (non-hydrogen) atoms. The van der Waals surface area contributed by atoms with Gasteiger partial charge in [-0.05, 0) is 37.1 Å². The van der Waals surface area contributed by atoms with Crippen LogP contribution >= 0.6 is 0 Å². The standard InChI is InChI=1S/C19H24N2O3/c1-14-11-21(12-15(2)24-14)13-17-7-5-16(6-8-17)10-20-19(22)18-4-3-9-23-18/h3-9,14-15H,10-13H2,1-2H3,(H,20,22)/t14-,15-/m0/s1. The third-order valence-electron chi connectivity index (χ3n) is 4.12. The number of morpholine rings is 1. The first-order valence-electron chi connectivity index (χ1n) is 8.37. The minimum Gasteiger partial charge on any atom is -0.459 e. The second-order valence-corrected chi connectivity index (χ2v) is 6.43. The van der Waals surface area contributed by atoms with Gasteiger partial charge in [0.05, 0.1) is 18.5 Å². The molecule has 1 aliphatic heterocycles. The summed E-state index contributed by atoms with van der Waals surface area (Å²) < 4.78 is 10.8. The molecule has 5 nitrogen and oxygen atoms in total. The van der Waals surface area contributed by atoms with E-state index in [4.69, 9.17) is 9.15 Å². The molecule has 1 aliphatic rings. The summed E-state index contributed by atoms with van der Waals surface area (Å²) in [7, 11) is 0. The monoisotopic (exact) mass is 328 g/mol. The Morgan fingerprint density at radius 2 is 1.79 bits per heavy atom. The van der Waals surface area contributed by atoms with Crippen LogP contribution in [-0.4, -0.2) is 36.1 Å². The van der Waals surface area contributed by atoms with Crippen molar-refractivity contribution >= 4 is 5.91 Å². The van der Waals surface area contributed by atoms with Crippen LogP contribution in [0.4, 0.5) is 0 Å². The molecule has 128 valence electrons. The van der Waals surface area contributed by atoms with E-state index in [1.54, 1.807) is 12.1 Å². The number of carbonyl (C=O) groups excluding carboxylic acids is 1. The molecule has 1 fully saturated rings. The maximum absolute atomic E-state index is 11.8. The van der Waals surface area contributed by atoms with Crippen molar-refractivity contribution in [1.82, 2.24) is 10.2 Å². The van der Waals surface area contributed by atoms with Crippen LogP contribution in [0.3, 0.4) is 0 Å². The maximum atomic E-state index is 11.8. The van der Waals surface area contributed by atoms with Crippen LogP contribution in [-0.2, 0) is 17.8 Å². The molecule has 0 unspecified atom stereocenters. The molecule has 1 aromatic carbocycles. The zero-order valence-electron chi connectivity index (χ0n) is 14.2. The van der Waals surface area contributed by atoms with Gasteiger partial charge in [-0.3, -0.25) is 9.69 Å². The van der Waals surface area contributed by atoms with Crippen LogP contribution in [0.25, 0.3) is 0 Å². The Balaban J connectivity index is 1.51. The molecule has 0 radical (unpaired) electrons. The van der Waals surface area contributed by atoms with Gasteiger partial charge in [0.25, 0.3) is 5.91 Å². The first-order valence-corrected chi connectivity index (χ1v) is 8.37. The van der Waals surface area contributed by atoms with Crippen molar-refractivity contribution in [3.8, 4) is 0 Å². The summed E-state index contributed by atoms with van der Waals surface area (Å²) in [6.45, 7) is 7.58. The van der Waals surface area contributed by atoms with E-state index in [2.05, 4.69) is 48.3 Å². The van der Waals surface area contributed by atoms with Gasteiger partial charge < -0.3 is 14.5 Å². The van der Waals surface area contributed by atoms with E-state index in [-0.39, 0.29) is 18.1 Å². The summed E-state index contributed by atoms with van der Waals surface area (Å²) >= 11 is 0. The largest absolute Gasteiger partial charge is 0.459 e. The van der Waals surface area contributed by atoms with Crippen molar-refractivity contribution in [2.45, 2.75) is 39.1 Å². The van der Waals surface area contributed by atoms with Crippen LogP contribution in [0, 0.1) is 0 Å². The van der Waals surface area contributed by atoms with Gasteiger partial charge in [0, 0.05) is 26.2 Å². The van der Waals surface area contributed by atoms with Gasteiger partial charge in [-0.25, -0.2) is 0 Å². The molecule has 2 atom stereocenters. The fourth-order valence-corrected chi connectivity index (χ4v) is 3.11. The Hall–Kier alpha value is -2.11. The van der Waals surface area contributed by atoms with E-state index in [0.29, 0.717) is 12.3 Å². The molecule has 1 aromatic heterocycles. The van der Waals surface area contributed by atoms with Crippen molar-refractivity contribution in [2.75, 3.05) is 13.1 Å². The normalized spacial score (nSPS) is 21.6. The molecule has 2 aromatic rings. The lowest BCUT2D eigenvalue weighted by Crippen LogP contribution is -2.44. The number of benzene rings is 1. The molecule has 1 saturated heterocycles. The summed E-state index contributed by atoms with van der Waals surface area (Å²) in [4.78, 5) is 14.3. The molecule has 5 heteroatoms. The van der Waals surface area contributed by atoms with Crippen LogP contribution in [0.15, 0.2) is 47.1 Å². The molecule has 0 bridgehead atoms. The minimum absolute atomic E-state index is 0.194. The number of furan rings is 1. The number of hydrogen-bond acceptors (Lipinski definition) is 4. The highest BCUT2D eigenvalue weighted by Crippen LogP contribution is 2.15. The Morgan fingerprint density at radius 3 is 2.42 bits per heavy atom. The smallest absolute Gasteiger partial charge is 0.287 e. The number of carbonyl (C=O) groups is 1. The summed E-state index contributed by atoms with van der Waals surface area (Å²) in [6, 6.07) is 11.7. The number of nitrogens with zero attached hydrogens (tertiary/aromatic N) is 1. The highest BCUT2D eigenvalue weighted by molar-refractivity contribution is 5.91. The number of nitrogens with one attached hydrogen (secondary N) is 1. The van der Waals surface area contributed by atoms with E-state index in [9.17, 15) is 4.79 Å². The van der Waals surface area contributed by atoms with Crippen LogP contribution in [0.2, 0.25) is 0 Å². The second-order valence-electron chi connectivity index (χ2n) is 6.43. The van der Waals surface area contributed by atoms with Gasteiger partial charge in [-0.15, -0.1) is 0 Å². The molecule has 0 spiro atoms. The Bertz CT molecular complexity index is 642. The summed E-state index contributed by atoms with van der Waals surface area (Å²) in [5, 5.41) is 2.85. The quantitative estimate of drug-likeness (QED) is 0.917. The van der Waals surface area contributed by atoms with Crippen molar-refractivity contribution < 1.29 is 13.9 Å². The first kappa shape index (κ1) is 16.7. The summed E-state index contributed by atoms with van der Waals surface area (Å²) in [6.07, 6.45) is 2.06. The van der Waals surface area contributed by atoms with E-state index in [1.165, 1.54) is 11.8 Å². The minimum atomic E-state index is -0.194. The van der Waals surface area contributed by atoms with E-state index in [1.807, 2.05) is 0 Å². The summed E-state index contributed by atoms with van der Waals surface area (Å²) in [5.41, 5.74) is 2.35. The van der Waals surface area contributed by atoms with Gasteiger partial charge in [-0.1, -0.05) is 24.3 Å². The van der Waals surface area contributed by atoms with E-state index < -0.39 is 0 Å². The maximum Gasteiger partial charge on any atom is 0.287 e. The SMILES string of the molecule is C[C@H]1CN(Cc2ccc(CNC(=O)c3ccco3)cc2)C[C@H](C)O1. The predicted molar refractivity (Wildman–Crippen MR) is 91.6 cm³/mol. The third-order valence-corrected chi connectivity index (χ3v) is 4.12. The van der Waals surface area contributed by atoms with Crippen molar-refractivity contribution in [2.24, 2.45) is 0 Å².